The highest BCUT2D eigenvalue weighted by Gasteiger charge is 2.17. The first kappa shape index (κ1) is 15.9. The van der Waals surface area contributed by atoms with E-state index in [1.54, 1.807) is 12.4 Å². The van der Waals surface area contributed by atoms with Crippen LogP contribution in [0.3, 0.4) is 0 Å². The molecule has 5 heteroatoms. The van der Waals surface area contributed by atoms with Crippen molar-refractivity contribution < 1.29 is 4.79 Å². The first-order chi connectivity index (χ1) is 10.1. The molecular weight excluding hydrogens is 304 g/mol. The second-order valence-corrected chi connectivity index (χ2v) is 6.58. The molecular formula is C16H17ClN2OS. The zero-order valence-electron chi connectivity index (χ0n) is 11.9. The summed E-state index contributed by atoms with van der Waals surface area (Å²) in [4.78, 5) is 17.2. The van der Waals surface area contributed by atoms with Crippen molar-refractivity contribution in [3.63, 3.8) is 0 Å². The van der Waals surface area contributed by atoms with E-state index >= 15 is 0 Å². The van der Waals surface area contributed by atoms with Crippen LogP contribution in [0, 0.1) is 0 Å². The monoisotopic (exact) mass is 320 g/mol. The van der Waals surface area contributed by atoms with Gasteiger partial charge >= 0.3 is 0 Å². The zero-order valence-corrected chi connectivity index (χ0v) is 13.5. The SMILES string of the molecule is C[C@@H](Sc1ccc(Cl)cc1)C(=O)N[C@H](C)c1ccncc1. The van der Waals surface area contributed by atoms with Crippen LogP contribution < -0.4 is 5.32 Å². The van der Waals surface area contributed by atoms with E-state index in [9.17, 15) is 4.79 Å². The molecule has 110 valence electrons. The fraction of sp³-hybridized carbons (Fsp3) is 0.250. The lowest BCUT2D eigenvalue weighted by Gasteiger charge is -2.17. The van der Waals surface area contributed by atoms with Gasteiger partial charge in [-0.05, 0) is 55.8 Å². The molecule has 0 fully saturated rings. The highest BCUT2D eigenvalue weighted by molar-refractivity contribution is 8.00. The summed E-state index contributed by atoms with van der Waals surface area (Å²) in [5.74, 6) is 0.0132. The van der Waals surface area contributed by atoms with Gasteiger partial charge < -0.3 is 5.32 Å². The largest absolute Gasteiger partial charge is 0.349 e. The molecule has 3 nitrogen and oxygen atoms in total. The third-order valence-corrected chi connectivity index (χ3v) is 4.42. The molecule has 0 radical (unpaired) electrons. The summed E-state index contributed by atoms with van der Waals surface area (Å²) >= 11 is 7.37. The summed E-state index contributed by atoms with van der Waals surface area (Å²) in [7, 11) is 0. The number of amides is 1. The lowest BCUT2D eigenvalue weighted by Crippen LogP contribution is -2.33. The highest BCUT2D eigenvalue weighted by Crippen LogP contribution is 2.25. The zero-order chi connectivity index (χ0) is 15.2. The fourth-order valence-corrected chi connectivity index (χ4v) is 2.84. The lowest BCUT2D eigenvalue weighted by molar-refractivity contribution is -0.120. The van der Waals surface area contributed by atoms with E-state index in [1.807, 2.05) is 50.2 Å². The average molecular weight is 321 g/mol. The minimum Gasteiger partial charge on any atom is -0.349 e. The smallest absolute Gasteiger partial charge is 0.233 e. The molecule has 2 aromatic rings. The third kappa shape index (κ3) is 4.76. The van der Waals surface area contributed by atoms with Crippen LogP contribution in [0.1, 0.15) is 25.5 Å². The van der Waals surface area contributed by atoms with Gasteiger partial charge in [0, 0.05) is 22.3 Å². The van der Waals surface area contributed by atoms with Gasteiger partial charge in [-0.15, -0.1) is 11.8 Å². The lowest BCUT2D eigenvalue weighted by atomic mass is 10.1. The quantitative estimate of drug-likeness (QED) is 0.844. The Morgan fingerprint density at radius 2 is 1.76 bits per heavy atom. The topological polar surface area (TPSA) is 42.0 Å². The number of hydrogen-bond acceptors (Lipinski definition) is 3. The van der Waals surface area contributed by atoms with E-state index < -0.39 is 0 Å². The molecule has 0 saturated heterocycles. The molecule has 21 heavy (non-hydrogen) atoms. The Hall–Kier alpha value is -1.52. The number of rotatable bonds is 5. The number of aromatic nitrogens is 1. The third-order valence-electron chi connectivity index (χ3n) is 3.06. The van der Waals surface area contributed by atoms with Crippen molar-refractivity contribution in [1.82, 2.24) is 10.3 Å². The predicted molar refractivity (Wildman–Crippen MR) is 87.6 cm³/mol. The number of halogens is 1. The van der Waals surface area contributed by atoms with Gasteiger partial charge in [0.25, 0.3) is 0 Å². The van der Waals surface area contributed by atoms with Gasteiger partial charge in [0.05, 0.1) is 11.3 Å². The maximum Gasteiger partial charge on any atom is 0.233 e. The van der Waals surface area contributed by atoms with Crippen molar-refractivity contribution in [2.75, 3.05) is 0 Å². The van der Waals surface area contributed by atoms with Crippen LogP contribution in [0.4, 0.5) is 0 Å². The first-order valence-electron chi connectivity index (χ1n) is 6.69. The Morgan fingerprint density at radius 1 is 1.14 bits per heavy atom. The number of pyridine rings is 1. The number of carbonyl (C=O) groups excluding carboxylic acids is 1. The standard InChI is InChI=1S/C16H17ClN2OS/c1-11(13-7-9-18-10-8-13)19-16(20)12(2)21-15-5-3-14(17)4-6-15/h3-12H,1-2H3,(H,19,20)/t11-,12-/m1/s1. The van der Waals surface area contributed by atoms with Crippen molar-refractivity contribution >= 4 is 29.3 Å². The molecule has 2 rings (SSSR count). The van der Waals surface area contributed by atoms with E-state index in [-0.39, 0.29) is 17.2 Å². The normalized spacial score (nSPS) is 13.5. The van der Waals surface area contributed by atoms with Gasteiger partial charge in [0.1, 0.15) is 0 Å². The summed E-state index contributed by atoms with van der Waals surface area (Å²) in [5, 5.41) is 3.54. The number of thioether (sulfide) groups is 1. The summed E-state index contributed by atoms with van der Waals surface area (Å²) in [6.07, 6.45) is 3.45. The van der Waals surface area contributed by atoms with Crippen LogP contribution in [0.25, 0.3) is 0 Å². The minimum absolute atomic E-state index is 0.0132. The molecule has 1 heterocycles. The van der Waals surface area contributed by atoms with Gasteiger partial charge in [-0.2, -0.15) is 0 Å². The molecule has 0 aliphatic carbocycles. The number of nitrogens with one attached hydrogen (secondary N) is 1. The fourth-order valence-electron chi connectivity index (χ4n) is 1.84. The summed E-state index contributed by atoms with van der Waals surface area (Å²) in [6, 6.07) is 11.3. The van der Waals surface area contributed by atoms with Gasteiger partial charge in [-0.25, -0.2) is 0 Å². The number of carbonyl (C=O) groups is 1. The van der Waals surface area contributed by atoms with Crippen molar-refractivity contribution in [3.8, 4) is 0 Å². The molecule has 0 bridgehead atoms. The van der Waals surface area contributed by atoms with Gasteiger partial charge in [-0.3, -0.25) is 9.78 Å². The van der Waals surface area contributed by atoms with E-state index in [2.05, 4.69) is 10.3 Å². The van der Waals surface area contributed by atoms with Crippen LogP contribution in [0.5, 0.6) is 0 Å². The molecule has 2 atom stereocenters. The van der Waals surface area contributed by atoms with Crippen molar-refractivity contribution in [2.24, 2.45) is 0 Å². The maximum atomic E-state index is 12.2. The van der Waals surface area contributed by atoms with Gasteiger partial charge in [0.2, 0.25) is 5.91 Å². The highest BCUT2D eigenvalue weighted by atomic mass is 35.5. The van der Waals surface area contributed by atoms with Crippen molar-refractivity contribution in [1.29, 1.82) is 0 Å². The number of hydrogen-bond donors (Lipinski definition) is 1. The van der Waals surface area contributed by atoms with Crippen LogP contribution in [-0.4, -0.2) is 16.1 Å². The van der Waals surface area contributed by atoms with E-state index in [0.717, 1.165) is 10.5 Å². The van der Waals surface area contributed by atoms with Crippen molar-refractivity contribution in [2.45, 2.75) is 30.0 Å². The first-order valence-corrected chi connectivity index (χ1v) is 7.94. The van der Waals surface area contributed by atoms with Gasteiger partial charge in [0.15, 0.2) is 0 Å². The predicted octanol–water partition coefficient (Wildman–Crippen LogP) is 4.09. The summed E-state index contributed by atoms with van der Waals surface area (Å²) < 4.78 is 0. The Labute approximate surface area is 134 Å². The second-order valence-electron chi connectivity index (χ2n) is 4.72. The molecule has 0 spiro atoms. The maximum absolute atomic E-state index is 12.2. The van der Waals surface area contributed by atoms with Crippen LogP contribution in [0.2, 0.25) is 5.02 Å². The Morgan fingerprint density at radius 3 is 2.38 bits per heavy atom. The molecule has 0 aliphatic rings. The van der Waals surface area contributed by atoms with Crippen LogP contribution in [-0.2, 0) is 4.79 Å². The molecule has 1 aromatic heterocycles. The Balaban J connectivity index is 1.92. The molecule has 0 saturated carbocycles. The molecule has 1 N–H and O–H groups in total. The number of benzene rings is 1. The number of nitrogens with zero attached hydrogens (tertiary/aromatic N) is 1. The Bertz CT molecular complexity index is 589. The summed E-state index contributed by atoms with van der Waals surface area (Å²) in [5.41, 5.74) is 1.04. The minimum atomic E-state index is -0.171. The van der Waals surface area contributed by atoms with Crippen molar-refractivity contribution in [3.05, 3.63) is 59.4 Å². The van der Waals surface area contributed by atoms with Crippen LogP contribution >= 0.6 is 23.4 Å². The molecule has 0 unspecified atom stereocenters. The van der Waals surface area contributed by atoms with E-state index in [0.29, 0.717) is 5.02 Å². The molecule has 1 amide bonds. The van der Waals surface area contributed by atoms with E-state index in [4.69, 9.17) is 11.6 Å². The molecule has 1 aromatic carbocycles. The summed E-state index contributed by atoms with van der Waals surface area (Å²) in [6.45, 7) is 3.86. The average Bonchev–Trinajstić information content (AvgIpc) is 2.50. The van der Waals surface area contributed by atoms with E-state index in [1.165, 1.54) is 11.8 Å². The molecule has 0 aliphatic heterocycles. The second kappa shape index (κ2) is 7.48. The Kier molecular flexibility index (Phi) is 5.65. The van der Waals surface area contributed by atoms with Crippen LogP contribution in [0.15, 0.2) is 53.7 Å². The van der Waals surface area contributed by atoms with Gasteiger partial charge in [-0.1, -0.05) is 11.6 Å².